The summed E-state index contributed by atoms with van der Waals surface area (Å²) in [5.74, 6) is -0.306. The van der Waals surface area contributed by atoms with Crippen molar-refractivity contribution in [1.82, 2.24) is 0 Å². The molecule has 0 aliphatic rings. The number of benzene rings is 1. The van der Waals surface area contributed by atoms with Crippen LogP contribution in [0.1, 0.15) is 5.56 Å². The lowest BCUT2D eigenvalue weighted by Crippen LogP contribution is -1.75. The molecule has 12 heavy (non-hydrogen) atoms. The Morgan fingerprint density at radius 1 is 1.42 bits per heavy atom. The normalized spacial score (nSPS) is 10.8. The highest BCUT2D eigenvalue weighted by molar-refractivity contribution is 9.08. The van der Waals surface area contributed by atoms with Gasteiger partial charge < -0.3 is 4.42 Å². The van der Waals surface area contributed by atoms with Crippen LogP contribution in [-0.2, 0) is 5.33 Å². The van der Waals surface area contributed by atoms with Crippen LogP contribution in [0.3, 0.4) is 0 Å². The SMILES string of the molecule is Fc1cccc2c(CBr)coc12. The van der Waals surface area contributed by atoms with Crippen molar-refractivity contribution in [2.24, 2.45) is 0 Å². The molecule has 0 spiro atoms. The lowest BCUT2D eigenvalue weighted by atomic mass is 10.2. The molecule has 0 radical (unpaired) electrons. The highest BCUT2D eigenvalue weighted by atomic mass is 79.9. The Balaban J connectivity index is 2.80. The summed E-state index contributed by atoms with van der Waals surface area (Å²) in [7, 11) is 0. The van der Waals surface area contributed by atoms with Crippen LogP contribution in [0.4, 0.5) is 4.39 Å². The zero-order valence-corrected chi connectivity index (χ0v) is 7.77. The smallest absolute Gasteiger partial charge is 0.169 e. The van der Waals surface area contributed by atoms with E-state index in [1.54, 1.807) is 12.3 Å². The fraction of sp³-hybridized carbons (Fsp3) is 0.111. The summed E-state index contributed by atoms with van der Waals surface area (Å²) in [5.41, 5.74) is 1.32. The van der Waals surface area contributed by atoms with Crippen LogP contribution in [0.25, 0.3) is 11.0 Å². The van der Waals surface area contributed by atoms with Crippen LogP contribution in [0.5, 0.6) is 0 Å². The van der Waals surface area contributed by atoms with Crippen LogP contribution in [-0.4, -0.2) is 0 Å². The first-order chi connectivity index (χ1) is 5.83. The highest BCUT2D eigenvalue weighted by Gasteiger charge is 2.07. The zero-order valence-electron chi connectivity index (χ0n) is 6.18. The van der Waals surface area contributed by atoms with E-state index in [0.29, 0.717) is 10.9 Å². The van der Waals surface area contributed by atoms with Crippen LogP contribution >= 0.6 is 15.9 Å². The molecule has 1 nitrogen and oxygen atoms in total. The third kappa shape index (κ3) is 1.05. The number of para-hydroxylation sites is 1. The average molecular weight is 229 g/mol. The van der Waals surface area contributed by atoms with Gasteiger partial charge in [0.25, 0.3) is 0 Å². The van der Waals surface area contributed by atoms with Crippen molar-refractivity contribution < 1.29 is 8.81 Å². The van der Waals surface area contributed by atoms with Gasteiger partial charge in [-0.2, -0.15) is 0 Å². The second-order valence-corrected chi connectivity index (χ2v) is 3.07. The summed E-state index contributed by atoms with van der Waals surface area (Å²) in [4.78, 5) is 0. The highest BCUT2D eigenvalue weighted by Crippen LogP contribution is 2.24. The maximum absolute atomic E-state index is 13.0. The number of rotatable bonds is 1. The van der Waals surface area contributed by atoms with Gasteiger partial charge in [-0.1, -0.05) is 28.1 Å². The Labute approximate surface area is 77.3 Å². The Bertz CT molecular complexity index is 408. The molecule has 0 amide bonds. The van der Waals surface area contributed by atoms with Crippen LogP contribution in [0.15, 0.2) is 28.9 Å². The second-order valence-electron chi connectivity index (χ2n) is 2.51. The molecule has 0 aliphatic carbocycles. The third-order valence-corrected chi connectivity index (χ3v) is 2.38. The molecule has 0 N–H and O–H groups in total. The van der Waals surface area contributed by atoms with Crippen molar-refractivity contribution >= 4 is 26.9 Å². The largest absolute Gasteiger partial charge is 0.461 e. The molecule has 0 saturated heterocycles. The second kappa shape index (κ2) is 2.90. The quantitative estimate of drug-likeness (QED) is 0.682. The summed E-state index contributed by atoms with van der Waals surface area (Å²) in [5, 5.41) is 1.52. The first-order valence-corrected chi connectivity index (χ1v) is 4.65. The standard InChI is InChI=1S/C9H6BrFO/c10-4-6-5-12-9-7(6)2-1-3-8(9)11/h1-3,5H,4H2. The third-order valence-electron chi connectivity index (χ3n) is 1.78. The fourth-order valence-electron chi connectivity index (χ4n) is 1.18. The summed E-state index contributed by atoms with van der Waals surface area (Å²) in [6.45, 7) is 0. The minimum atomic E-state index is -0.306. The molecule has 1 aromatic carbocycles. The van der Waals surface area contributed by atoms with Gasteiger partial charge in [0.15, 0.2) is 11.4 Å². The molecular formula is C9H6BrFO. The molecular weight excluding hydrogens is 223 g/mol. The minimum absolute atomic E-state index is 0.306. The number of halogens is 2. The van der Waals surface area contributed by atoms with Crippen molar-refractivity contribution in [2.75, 3.05) is 0 Å². The Kier molecular flexibility index (Phi) is 1.89. The van der Waals surface area contributed by atoms with Crippen LogP contribution in [0, 0.1) is 5.82 Å². The molecule has 1 aromatic heterocycles. The fourth-order valence-corrected chi connectivity index (χ4v) is 1.61. The lowest BCUT2D eigenvalue weighted by Gasteiger charge is -1.90. The van der Waals surface area contributed by atoms with Crippen LogP contribution < -0.4 is 0 Å². The Morgan fingerprint density at radius 2 is 2.25 bits per heavy atom. The van der Waals surface area contributed by atoms with Crippen molar-refractivity contribution in [3.05, 3.63) is 35.8 Å². The molecule has 0 atom stereocenters. The van der Waals surface area contributed by atoms with E-state index in [0.717, 1.165) is 10.9 Å². The number of fused-ring (bicyclic) bond motifs is 1. The van der Waals surface area contributed by atoms with Crippen LogP contribution in [0.2, 0.25) is 0 Å². The van der Waals surface area contributed by atoms with Gasteiger partial charge >= 0.3 is 0 Å². The van der Waals surface area contributed by atoms with Gasteiger partial charge in [-0.3, -0.25) is 0 Å². The van der Waals surface area contributed by atoms with Gasteiger partial charge in [0, 0.05) is 16.3 Å². The van der Waals surface area contributed by atoms with Gasteiger partial charge in [-0.05, 0) is 6.07 Å². The average Bonchev–Trinajstić information content (AvgIpc) is 2.49. The van der Waals surface area contributed by atoms with E-state index < -0.39 is 0 Å². The molecule has 2 rings (SSSR count). The van der Waals surface area contributed by atoms with Gasteiger partial charge in [-0.15, -0.1) is 0 Å². The number of hydrogen-bond donors (Lipinski definition) is 0. The predicted molar refractivity (Wildman–Crippen MR) is 48.8 cm³/mol. The number of furan rings is 1. The molecule has 0 fully saturated rings. The Hall–Kier alpha value is -0.830. The first-order valence-electron chi connectivity index (χ1n) is 3.53. The van der Waals surface area contributed by atoms with Gasteiger partial charge in [0.2, 0.25) is 0 Å². The van der Waals surface area contributed by atoms with E-state index >= 15 is 0 Å². The van der Waals surface area contributed by atoms with E-state index in [1.165, 1.54) is 6.07 Å². The molecule has 2 aromatic rings. The summed E-state index contributed by atoms with van der Waals surface area (Å²) in [6, 6.07) is 4.92. The zero-order chi connectivity index (χ0) is 8.55. The van der Waals surface area contributed by atoms with E-state index in [2.05, 4.69) is 15.9 Å². The van der Waals surface area contributed by atoms with Gasteiger partial charge in [-0.25, -0.2) is 4.39 Å². The summed E-state index contributed by atoms with van der Waals surface area (Å²) < 4.78 is 18.1. The van der Waals surface area contributed by atoms with E-state index in [9.17, 15) is 4.39 Å². The number of alkyl halides is 1. The van der Waals surface area contributed by atoms with Crippen molar-refractivity contribution in [2.45, 2.75) is 5.33 Å². The van der Waals surface area contributed by atoms with E-state index in [-0.39, 0.29) is 5.82 Å². The molecule has 1 heterocycles. The van der Waals surface area contributed by atoms with Crippen molar-refractivity contribution in [3.63, 3.8) is 0 Å². The molecule has 0 aliphatic heterocycles. The Morgan fingerprint density at radius 3 is 3.00 bits per heavy atom. The summed E-state index contributed by atoms with van der Waals surface area (Å²) in [6.07, 6.45) is 1.57. The monoisotopic (exact) mass is 228 g/mol. The van der Waals surface area contributed by atoms with Crippen molar-refractivity contribution in [1.29, 1.82) is 0 Å². The molecule has 0 unspecified atom stereocenters. The van der Waals surface area contributed by atoms with E-state index in [4.69, 9.17) is 4.42 Å². The van der Waals surface area contributed by atoms with Crippen molar-refractivity contribution in [3.8, 4) is 0 Å². The molecule has 0 bridgehead atoms. The molecule has 62 valence electrons. The summed E-state index contributed by atoms with van der Waals surface area (Å²) >= 11 is 3.30. The maximum Gasteiger partial charge on any atom is 0.169 e. The molecule has 0 saturated carbocycles. The number of hydrogen-bond acceptors (Lipinski definition) is 1. The van der Waals surface area contributed by atoms with Gasteiger partial charge in [0.1, 0.15) is 0 Å². The topological polar surface area (TPSA) is 13.1 Å². The van der Waals surface area contributed by atoms with Gasteiger partial charge in [0.05, 0.1) is 6.26 Å². The lowest BCUT2D eigenvalue weighted by molar-refractivity contribution is 0.559. The predicted octanol–water partition coefficient (Wildman–Crippen LogP) is 3.47. The molecule has 3 heteroatoms. The maximum atomic E-state index is 13.0. The minimum Gasteiger partial charge on any atom is -0.461 e. The first kappa shape index (κ1) is 7.80. The van der Waals surface area contributed by atoms with E-state index in [1.807, 2.05) is 6.07 Å².